The molecule has 1 aromatic rings. The molecule has 0 unspecified atom stereocenters. The van der Waals surface area contributed by atoms with E-state index in [-0.39, 0.29) is 18.3 Å². The van der Waals surface area contributed by atoms with Gasteiger partial charge in [-0.25, -0.2) is 0 Å². The summed E-state index contributed by atoms with van der Waals surface area (Å²) in [5, 5.41) is 2.78. The minimum Gasteiger partial charge on any atom is -0.496 e. The lowest BCUT2D eigenvalue weighted by atomic mass is 10.2. The zero-order valence-electron chi connectivity index (χ0n) is 10.1. The van der Waals surface area contributed by atoms with Crippen molar-refractivity contribution in [1.82, 2.24) is 5.32 Å². The summed E-state index contributed by atoms with van der Waals surface area (Å²) < 4.78 is 5.18. The second kappa shape index (κ2) is 7.92. The number of hydrogen-bond donors (Lipinski definition) is 2. The van der Waals surface area contributed by atoms with E-state index >= 15 is 0 Å². The first-order valence-corrected chi connectivity index (χ1v) is 5.34. The molecular formula is C12H19ClN2O2. The Kier molecular flexibility index (Phi) is 7.34. The summed E-state index contributed by atoms with van der Waals surface area (Å²) in [4.78, 5) is 11.5. The molecule has 96 valence electrons. The maximum absolute atomic E-state index is 11.5. The second-order valence-electron chi connectivity index (χ2n) is 3.54. The van der Waals surface area contributed by atoms with Crippen LogP contribution in [0.1, 0.15) is 18.9 Å². The standard InChI is InChI=1S/C12H18N2O2.ClH/c1-3-10(13)12(15)14-8-9-6-4-5-7-11(9)16-2;/h4-7,10H,3,8,13H2,1-2H3,(H,14,15);1H/t10-;/m0./s1. The lowest BCUT2D eigenvalue weighted by Crippen LogP contribution is -2.39. The van der Waals surface area contributed by atoms with Crippen LogP contribution in [0.2, 0.25) is 0 Å². The van der Waals surface area contributed by atoms with Gasteiger partial charge in [-0.1, -0.05) is 25.1 Å². The van der Waals surface area contributed by atoms with Crippen LogP contribution in [0.25, 0.3) is 0 Å². The Labute approximate surface area is 108 Å². The van der Waals surface area contributed by atoms with Gasteiger partial charge in [0.1, 0.15) is 5.75 Å². The summed E-state index contributed by atoms with van der Waals surface area (Å²) in [5.41, 5.74) is 6.55. The van der Waals surface area contributed by atoms with Crippen molar-refractivity contribution < 1.29 is 9.53 Å². The zero-order chi connectivity index (χ0) is 12.0. The number of amides is 1. The van der Waals surface area contributed by atoms with Crippen molar-refractivity contribution in [3.05, 3.63) is 29.8 Å². The van der Waals surface area contributed by atoms with Crippen molar-refractivity contribution in [2.24, 2.45) is 5.73 Å². The number of hydrogen-bond acceptors (Lipinski definition) is 3. The summed E-state index contributed by atoms with van der Waals surface area (Å²) >= 11 is 0. The van der Waals surface area contributed by atoms with Crippen LogP contribution in [-0.4, -0.2) is 19.1 Å². The van der Waals surface area contributed by atoms with Crippen molar-refractivity contribution >= 4 is 18.3 Å². The molecule has 0 aromatic heterocycles. The first kappa shape index (κ1) is 15.7. The Bertz CT molecular complexity index is 358. The number of halogens is 1. The zero-order valence-corrected chi connectivity index (χ0v) is 10.9. The van der Waals surface area contributed by atoms with E-state index in [0.29, 0.717) is 13.0 Å². The molecule has 3 N–H and O–H groups in total. The summed E-state index contributed by atoms with van der Waals surface area (Å²) in [5.74, 6) is 0.640. The lowest BCUT2D eigenvalue weighted by molar-refractivity contribution is -0.122. The molecule has 0 spiro atoms. The van der Waals surface area contributed by atoms with Crippen LogP contribution in [0, 0.1) is 0 Å². The van der Waals surface area contributed by atoms with Crippen LogP contribution in [0.4, 0.5) is 0 Å². The number of ether oxygens (including phenoxy) is 1. The molecule has 1 rings (SSSR count). The average molecular weight is 259 g/mol. The van der Waals surface area contributed by atoms with Crippen LogP contribution in [-0.2, 0) is 11.3 Å². The predicted molar refractivity (Wildman–Crippen MR) is 70.4 cm³/mol. The molecule has 17 heavy (non-hydrogen) atoms. The molecule has 0 aliphatic carbocycles. The van der Waals surface area contributed by atoms with E-state index < -0.39 is 6.04 Å². The number of rotatable bonds is 5. The molecule has 0 heterocycles. The van der Waals surface area contributed by atoms with E-state index in [0.717, 1.165) is 11.3 Å². The summed E-state index contributed by atoms with van der Waals surface area (Å²) in [6, 6.07) is 7.14. The third-order valence-electron chi connectivity index (χ3n) is 2.42. The molecule has 0 bridgehead atoms. The summed E-state index contributed by atoms with van der Waals surface area (Å²) in [6.07, 6.45) is 0.637. The molecule has 1 amide bonds. The fourth-order valence-electron chi connectivity index (χ4n) is 1.35. The monoisotopic (exact) mass is 258 g/mol. The topological polar surface area (TPSA) is 64.4 Å². The fraction of sp³-hybridized carbons (Fsp3) is 0.417. The number of carbonyl (C=O) groups excluding carboxylic acids is 1. The van der Waals surface area contributed by atoms with E-state index in [1.807, 2.05) is 31.2 Å². The van der Waals surface area contributed by atoms with Gasteiger partial charge >= 0.3 is 0 Å². The highest BCUT2D eigenvalue weighted by Gasteiger charge is 2.10. The van der Waals surface area contributed by atoms with Crippen LogP contribution in [0.3, 0.4) is 0 Å². The van der Waals surface area contributed by atoms with E-state index in [2.05, 4.69) is 5.32 Å². The molecule has 0 aliphatic heterocycles. The Morgan fingerprint density at radius 3 is 2.71 bits per heavy atom. The van der Waals surface area contributed by atoms with Crippen LogP contribution in [0.15, 0.2) is 24.3 Å². The van der Waals surface area contributed by atoms with Crippen LogP contribution >= 0.6 is 12.4 Å². The minimum absolute atomic E-state index is 0. The average Bonchev–Trinajstić information content (AvgIpc) is 2.35. The largest absolute Gasteiger partial charge is 0.496 e. The first-order valence-electron chi connectivity index (χ1n) is 5.34. The molecule has 0 saturated heterocycles. The van der Waals surface area contributed by atoms with Gasteiger partial charge in [-0.3, -0.25) is 4.79 Å². The van der Waals surface area contributed by atoms with E-state index in [4.69, 9.17) is 10.5 Å². The lowest BCUT2D eigenvalue weighted by Gasteiger charge is -2.12. The molecule has 0 aliphatic rings. The third-order valence-corrected chi connectivity index (χ3v) is 2.42. The molecule has 5 heteroatoms. The number of carbonyl (C=O) groups is 1. The number of methoxy groups -OCH3 is 1. The summed E-state index contributed by atoms with van der Waals surface area (Å²) in [6.45, 7) is 2.32. The smallest absolute Gasteiger partial charge is 0.237 e. The molecule has 4 nitrogen and oxygen atoms in total. The minimum atomic E-state index is -0.435. The maximum Gasteiger partial charge on any atom is 0.237 e. The van der Waals surface area contributed by atoms with Gasteiger partial charge in [0.15, 0.2) is 0 Å². The Balaban J connectivity index is 0.00000256. The quantitative estimate of drug-likeness (QED) is 0.841. The molecular weight excluding hydrogens is 240 g/mol. The molecule has 1 atom stereocenters. The van der Waals surface area contributed by atoms with E-state index in [1.165, 1.54) is 0 Å². The Hall–Kier alpha value is -1.26. The highest BCUT2D eigenvalue weighted by atomic mass is 35.5. The second-order valence-corrected chi connectivity index (χ2v) is 3.54. The Morgan fingerprint density at radius 1 is 1.47 bits per heavy atom. The van der Waals surface area contributed by atoms with Crippen molar-refractivity contribution in [3.8, 4) is 5.75 Å². The number of para-hydroxylation sites is 1. The van der Waals surface area contributed by atoms with Gasteiger partial charge in [0, 0.05) is 12.1 Å². The van der Waals surface area contributed by atoms with Gasteiger partial charge in [0.25, 0.3) is 0 Å². The fourth-order valence-corrected chi connectivity index (χ4v) is 1.35. The van der Waals surface area contributed by atoms with Crippen LogP contribution < -0.4 is 15.8 Å². The van der Waals surface area contributed by atoms with Gasteiger partial charge in [-0.15, -0.1) is 12.4 Å². The third kappa shape index (κ3) is 4.63. The molecule has 0 fully saturated rings. The van der Waals surface area contributed by atoms with E-state index in [1.54, 1.807) is 7.11 Å². The Morgan fingerprint density at radius 2 is 2.12 bits per heavy atom. The first-order chi connectivity index (χ1) is 7.69. The maximum atomic E-state index is 11.5. The van der Waals surface area contributed by atoms with Crippen molar-refractivity contribution in [1.29, 1.82) is 0 Å². The van der Waals surface area contributed by atoms with Gasteiger partial charge in [0.05, 0.1) is 13.2 Å². The highest BCUT2D eigenvalue weighted by Crippen LogP contribution is 2.16. The van der Waals surface area contributed by atoms with Crippen molar-refractivity contribution in [2.75, 3.05) is 7.11 Å². The molecule has 1 aromatic carbocycles. The summed E-state index contributed by atoms with van der Waals surface area (Å²) in [7, 11) is 1.61. The van der Waals surface area contributed by atoms with Gasteiger partial charge in [0.2, 0.25) is 5.91 Å². The number of benzene rings is 1. The molecule has 0 radical (unpaired) electrons. The number of nitrogens with one attached hydrogen (secondary N) is 1. The van der Waals surface area contributed by atoms with Crippen molar-refractivity contribution in [3.63, 3.8) is 0 Å². The van der Waals surface area contributed by atoms with Crippen molar-refractivity contribution in [2.45, 2.75) is 25.9 Å². The number of nitrogens with two attached hydrogens (primary N) is 1. The van der Waals surface area contributed by atoms with Gasteiger partial charge < -0.3 is 15.8 Å². The normalized spacial score (nSPS) is 11.2. The van der Waals surface area contributed by atoms with Crippen LogP contribution in [0.5, 0.6) is 5.75 Å². The van der Waals surface area contributed by atoms with Gasteiger partial charge in [-0.05, 0) is 12.5 Å². The molecule has 0 saturated carbocycles. The van der Waals surface area contributed by atoms with E-state index in [9.17, 15) is 4.79 Å². The predicted octanol–water partition coefficient (Wildman–Crippen LogP) is 1.47. The SMILES string of the molecule is CC[C@H](N)C(=O)NCc1ccccc1OC.Cl. The van der Waals surface area contributed by atoms with Gasteiger partial charge in [-0.2, -0.15) is 0 Å². The highest BCUT2D eigenvalue weighted by molar-refractivity contribution is 5.85.